The van der Waals surface area contributed by atoms with Crippen molar-refractivity contribution in [1.29, 1.82) is 0 Å². The van der Waals surface area contributed by atoms with Gasteiger partial charge in [0.1, 0.15) is 5.82 Å². The number of nitrogens with zero attached hydrogens (tertiary/aromatic N) is 4. The van der Waals surface area contributed by atoms with Crippen LogP contribution in [0.3, 0.4) is 0 Å². The Morgan fingerprint density at radius 1 is 1.18 bits per heavy atom. The maximum absolute atomic E-state index is 13.2. The van der Waals surface area contributed by atoms with Gasteiger partial charge in [-0.05, 0) is 57.5 Å². The highest BCUT2D eigenvalue weighted by Crippen LogP contribution is 2.23. The zero-order valence-electron chi connectivity index (χ0n) is 17.1. The maximum atomic E-state index is 13.2. The number of likely N-dealkylation sites (tertiary alicyclic amines) is 1. The van der Waals surface area contributed by atoms with E-state index in [2.05, 4.69) is 34.4 Å². The Hall–Kier alpha value is -2.66. The number of para-hydroxylation sites is 2. The van der Waals surface area contributed by atoms with Crippen LogP contribution in [-0.4, -0.2) is 57.5 Å². The number of fused-ring (bicyclic) bond motifs is 1. The number of aromatic nitrogens is 2. The lowest BCUT2D eigenvalue weighted by molar-refractivity contribution is 0.0732. The van der Waals surface area contributed by atoms with Crippen LogP contribution in [-0.2, 0) is 0 Å². The van der Waals surface area contributed by atoms with Crippen LogP contribution in [0.4, 0.5) is 0 Å². The van der Waals surface area contributed by atoms with Crippen LogP contribution >= 0.6 is 0 Å². The summed E-state index contributed by atoms with van der Waals surface area (Å²) in [5.74, 6) is 1.00. The second-order valence-corrected chi connectivity index (χ2v) is 7.98. The lowest BCUT2D eigenvalue weighted by atomic mass is 10.1. The number of likely N-dealkylation sites (N-methyl/N-ethyl adjacent to an activating group) is 1. The van der Waals surface area contributed by atoms with Crippen molar-refractivity contribution in [3.8, 4) is 5.69 Å². The zero-order valence-corrected chi connectivity index (χ0v) is 17.1. The molecule has 28 heavy (non-hydrogen) atoms. The molecule has 1 saturated heterocycles. The highest BCUT2D eigenvalue weighted by molar-refractivity contribution is 5.95. The summed E-state index contributed by atoms with van der Waals surface area (Å²) in [6.45, 7) is 8.43. The Bertz CT molecular complexity index is 1010. The lowest BCUT2D eigenvalue weighted by Crippen LogP contribution is -2.40. The molecule has 1 fully saturated rings. The van der Waals surface area contributed by atoms with Gasteiger partial charge in [-0.25, -0.2) is 4.98 Å². The van der Waals surface area contributed by atoms with Crippen molar-refractivity contribution in [3.05, 3.63) is 59.9 Å². The van der Waals surface area contributed by atoms with E-state index >= 15 is 0 Å². The molecule has 0 saturated carbocycles. The summed E-state index contributed by atoms with van der Waals surface area (Å²) in [7, 11) is 1.93. The number of amides is 1. The fourth-order valence-electron chi connectivity index (χ4n) is 4.17. The Morgan fingerprint density at radius 3 is 2.71 bits per heavy atom. The number of carbonyl (C=O) groups is 1. The first-order valence-corrected chi connectivity index (χ1v) is 10.0. The number of benzene rings is 2. The van der Waals surface area contributed by atoms with Gasteiger partial charge in [0.05, 0.1) is 11.0 Å². The van der Waals surface area contributed by atoms with E-state index in [1.54, 1.807) is 0 Å². The average molecular weight is 377 g/mol. The number of rotatable bonds is 4. The molecule has 1 unspecified atom stereocenters. The normalized spacial score (nSPS) is 17.5. The minimum atomic E-state index is 0.0829. The van der Waals surface area contributed by atoms with Gasteiger partial charge in [-0.15, -0.1) is 0 Å². The van der Waals surface area contributed by atoms with Gasteiger partial charge >= 0.3 is 0 Å². The fourth-order valence-corrected chi connectivity index (χ4v) is 4.17. The topological polar surface area (TPSA) is 41.4 Å². The van der Waals surface area contributed by atoms with E-state index in [4.69, 9.17) is 0 Å². The van der Waals surface area contributed by atoms with Crippen LogP contribution in [0.25, 0.3) is 16.7 Å². The van der Waals surface area contributed by atoms with Gasteiger partial charge < -0.3 is 4.90 Å². The van der Waals surface area contributed by atoms with Gasteiger partial charge in [-0.1, -0.05) is 18.2 Å². The molecule has 0 N–H and O–H groups in total. The average Bonchev–Trinajstić information content (AvgIpc) is 3.31. The summed E-state index contributed by atoms with van der Waals surface area (Å²) >= 11 is 0. The Balaban J connectivity index is 1.62. The number of aryl methyl sites for hydroxylation is 1. The Labute approximate surface area is 166 Å². The molecule has 1 aliphatic heterocycles. The number of carbonyl (C=O) groups excluding carboxylic acids is 1. The molecule has 1 aromatic heterocycles. The van der Waals surface area contributed by atoms with Gasteiger partial charge in [0.25, 0.3) is 5.91 Å². The molecule has 1 atom stereocenters. The van der Waals surface area contributed by atoms with Crippen LogP contribution < -0.4 is 0 Å². The van der Waals surface area contributed by atoms with Crippen molar-refractivity contribution < 1.29 is 4.79 Å². The second kappa shape index (κ2) is 7.40. The number of hydrogen-bond donors (Lipinski definition) is 0. The number of imidazole rings is 1. The minimum absolute atomic E-state index is 0.0829. The molecule has 2 aromatic carbocycles. The summed E-state index contributed by atoms with van der Waals surface area (Å²) in [6.07, 6.45) is 1.03. The quantitative estimate of drug-likeness (QED) is 0.694. The van der Waals surface area contributed by atoms with E-state index in [0.29, 0.717) is 6.04 Å². The predicted molar refractivity (Wildman–Crippen MR) is 113 cm³/mol. The summed E-state index contributed by atoms with van der Waals surface area (Å²) in [5, 5.41) is 0. The van der Waals surface area contributed by atoms with Crippen molar-refractivity contribution in [2.45, 2.75) is 39.3 Å². The SMILES string of the molecule is Cc1nc2ccccc2n1-c1cccc(C(=O)N(C)C2CCN(C(C)C)C2)c1. The van der Waals surface area contributed by atoms with Gasteiger partial charge in [0.2, 0.25) is 0 Å². The van der Waals surface area contributed by atoms with E-state index in [9.17, 15) is 4.79 Å². The zero-order chi connectivity index (χ0) is 19.8. The molecule has 0 spiro atoms. The van der Waals surface area contributed by atoms with Gasteiger partial charge in [0, 0.05) is 43.5 Å². The van der Waals surface area contributed by atoms with Crippen LogP contribution in [0, 0.1) is 6.92 Å². The Morgan fingerprint density at radius 2 is 1.96 bits per heavy atom. The molecule has 3 aromatic rings. The highest BCUT2D eigenvalue weighted by atomic mass is 16.2. The third kappa shape index (κ3) is 3.31. The molecular formula is C23H28N4O. The molecule has 0 radical (unpaired) electrons. The molecule has 4 rings (SSSR count). The first-order chi connectivity index (χ1) is 13.5. The molecule has 1 amide bonds. The van der Waals surface area contributed by atoms with Gasteiger partial charge in [-0.3, -0.25) is 14.3 Å². The molecule has 1 aliphatic rings. The van der Waals surface area contributed by atoms with Crippen molar-refractivity contribution >= 4 is 16.9 Å². The number of hydrogen-bond acceptors (Lipinski definition) is 3. The third-order valence-corrected chi connectivity index (χ3v) is 5.87. The summed E-state index contributed by atoms with van der Waals surface area (Å²) in [6, 6.07) is 16.8. The fraction of sp³-hybridized carbons (Fsp3) is 0.391. The van der Waals surface area contributed by atoms with E-state index in [1.165, 1.54) is 0 Å². The van der Waals surface area contributed by atoms with Crippen LogP contribution in [0.15, 0.2) is 48.5 Å². The van der Waals surface area contributed by atoms with E-state index in [-0.39, 0.29) is 11.9 Å². The summed E-state index contributed by atoms with van der Waals surface area (Å²) in [4.78, 5) is 22.2. The standard InChI is InChI=1S/C23H28N4O/c1-16(2)26-13-12-20(15-26)25(4)23(28)18-8-7-9-19(14-18)27-17(3)24-21-10-5-6-11-22(21)27/h5-11,14,16,20H,12-13,15H2,1-4H3. The first-order valence-electron chi connectivity index (χ1n) is 10.0. The Kier molecular flexibility index (Phi) is 4.94. The lowest BCUT2D eigenvalue weighted by Gasteiger charge is -2.26. The minimum Gasteiger partial charge on any atom is -0.337 e. The molecule has 0 bridgehead atoms. The molecule has 5 nitrogen and oxygen atoms in total. The third-order valence-electron chi connectivity index (χ3n) is 5.87. The highest BCUT2D eigenvalue weighted by Gasteiger charge is 2.30. The van der Waals surface area contributed by atoms with Crippen molar-refractivity contribution in [3.63, 3.8) is 0 Å². The summed E-state index contributed by atoms with van der Waals surface area (Å²) in [5.41, 5.74) is 3.72. The largest absolute Gasteiger partial charge is 0.337 e. The van der Waals surface area contributed by atoms with Gasteiger partial charge in [0.15, 0.2) is 0 Å². The van der Waals surface area contributed by atoms with Crippen LogP contribution in [0.5, 0.6) is 0 Å². The first kappa shape index (κ1) is 18.7. The van der Waals surface area contributed by atoms with Crippen LogP contribution in [0.2, 0.25) is 0 Å². The molecular weight excluding hydrogens is 348 g/mol. The maximum Gasteiger partial charge on any atom is 0.253 e. The molecule has 146 valence electrons. The van der Waals surface area contributed by atoms with E-state index in [0.717, 1.165) is 47.6 Å². The second-order valence-electron chi connectivity index (χ2n) is 7.98. The molecule has 2 heterocycles. The predicted octanol–water partition coefficient (Wildman–Crippen LogP) is 3.89. The smallest absolute Gasteiger partial charge is 0.253 e. The van der Waals surface area contributed by atoms with Crippen molar-refractivity contribution in [2.75, 3.05) is 20.1 Å². The van der Waals surface area contributed by atoms with E-state index in [1.807, 2.05) is 61.3 Å². The van der Waals surface area contributed by atoms with Crippen molar-refractivity contribution in [1.82, 2.24) is 19.4 Å². The molecule has 5 heteroatoms. The summed E-state index contributed by atoms with van der Waals surface area (Å²) < 4.78 is 2.11. The monoisotopic (exact) mass is 376 g/mol. The molecule has 0 aliphatic carbocycles. The van der Waals surface area contributed by atoms with E-state index < -0.39 is 0 Å². The van der Waals surface area contributed by atoms with Gasteiger partial charge in [-0.2, -0.15) is 0 Å². The van der Waals surface area contributed by atoms with Crippen molar-refractivity contribution in [2.24, 2.45) is 0 Å². The van der Waals surface area contributed by atoms with Crippen LogP contribution in [0.1, 0.15) is 36.5 Å².